The summed E-state index contributed by atoms with van der Waals surface area (Å²) in [6.07, 6.45) is 3.05. The van der Waals surface area contributed by atoms with E-state index in [1.807, 2.05) is 0 Å². The van der Waals surface area contributed by atoms with E-state index in [-0.39, 0.29) is 16.3 Å². The number of nitrogens with zero attached hydrogens (tertiary/aromatic N) is 3. The van der Waals surface area contributed by atoms with Gasteiger partial charge in [-0.05, 0) is 18.3 Å². The van der Waals surface area contributed by atoms with Crippen LogP contribution >= 0.6 is 11.6 Å². The van der Waals surface area contributed by atoms with Crippen LogP contribution in [0.25, 0.3) is 6.08 Å². The fraction of sp³-hybridized carbons (Fsp3) is 0.200. The summed E-state index contributed by atoms with van der Waals surface area (Å²) in [5.41, 5.74) is -0.626. The van der Waals surface area contributed by atoms with Gasteiger partial charge < -0.3 is 4.90 Å². The van der Waals surface area contributed by atoms with E-state index in [1.54, 1.807) is 25.2 Å². The van der Waals surface area contributed by atoms with Crippen LogP contribution in [0, 0.1) is 20.2 Å². The molecule has 0 heterocycles. The second-order valence-electron chi connectivity index (χ2n) is 3.66. The van der Waals surface area contributed by atoms with Crippen molar-refractivity contribution in [2.45, 2.75) is 0 Å². The molecule has 0 fully saturated rings. The van der Waals surface area contributed by atoms with E-state index in [2.05, 4.69) is 0 Å². The van der Waals surface area contributed by atoms with E-state index >= 15 is 0 Å². The number of hydrogen-bond acceptors (Lipinski definition) is 5. The van der Waals surface area contributed by atoms with Crippen LogP contribution in [0.1, 0.15) is 5.56 Å². The molecule has 0 N–H and O–H groups in total. The zero-order chi connectivity index (χ0) is 13.9. The van der Waals surface area contributed by atoms with Crippen LogP contribution < -0.4 is 0 Å². The van der Waals surface area contributed by atoms with Crippen molar-refractivity contribution in [1.82, 2.24) is 4.90 Å². The monoisotopic (exact) mass is 271 g/mol. The van der Waals surface area contributed by atoms with Gasteiger partial charge in [0.1, 0.15) is 5.02 Å². The van der Waals surface area contributed by atoms with Crippen molar-refractivity contribution in [3.8, 4) is 0 Å². The number of benzene rings is 1. The van der Waals surface area contributed by atoms with Gasteiger partial charge in [-0.2, -0.15) is 0 Å². The van der Waals surface area contributed by atoms with E-state index < -0.39 is 15.5 Å². The number of nitro groups is 2. The minimum absolute atomic E-state index is 0.135. The molecule has 1 aromatic carbocycles. The van der Waals surface area contributed by atoms with Crippen molar-refractivity contribution in [3.05, 3.63) is 49.1 Å². The van der Waals surface area contributed by atoms with Crippen LogP contribution in [0.3, 0.4) is 0 Å². The van der Waals surface area contributed by atoms with Gasteiger partial charge >= 0.3 is 0 Å². The van der Waals surface area contributed by atoms with Crippen molar-refractivity contribution in [3.63, 3.8) is 0 Å². The molecule has 0 radical (unpaired) electrons. The Morgan fingerprint density at radius 3 is 2.17 bits per heavy atom. The lowest BCUT2D eigenvalue weighted by Crippen LogP contribution is -2.01. The number of halogens is 1. The molecule has 0 saturated carbocycles. The van der Waals surface area contributed by atoms with Crippen molar-refractivity contribution >= 4 is 29.1 Å². The summed E-state index contributed by atoms with van der Waals surface area (Å²) in [5.74, 6) is 0. The predicted molar refractivity (Wildman–Crippen MR) is 67.5 cm³/mol. The lowest BCUT2D eigenvalue weighted by atomic mass is 10.1. The topological polar surface area (TPSA) is 89.5 Å². The molecule has 0 aromatic heterocycles. The van der Waals surface area contributed by atoms with Gasteiger partial charge in [0.05, 0.1) is 21.5 Å². The smallest absolute Gasteiger partial charge is 0.294 e. The Balaban J connectivity index is 3.38. The first-order valence-electron chi connectivity index (χ1n) is 4.80. The Bertz CT molecular complexity index is 528. The molecule has 1 rings (SSSR count). The maximum absolute atomic E-state index is 10.8. The Morgan fingerprint density at radius 1 is 1.17 bits per heavy atom. The molecule has 0 spiro atoms. The average Bonchev–Trinajstić information content (AvgIpc) is 2.25. The summed E-state index contributed by atoms with van der Waals surface area (Å²) in [5, 5.41) is 21.4. The molecule has 0 atom stereocenters. The van der Waals surface area contributed by atoms with Crippen LogP contribution in [0.4, 0.5) is 11.4 Å². The zero-order valence-electron chi connectivity index (χ0n) is 9.66. The lowest BCUT2D eigenvalue weighted by molar-refractivity contribution is -0.394. The first kappa shape index (κ1) is 13.9. The second kappa shape index (κ2) is 5.46. The summed E-state index contributed by atoms with van der Waals surface area (Å²) >= 11 is 5.70. The van der Waals surface area contributed by atoms with Gasteiger partial charge in [0.25, 0.3) is 11.4 Å². The quantitative estimate of drug-likeness (QED) is 0.620. The maximum Gasteiger partial charge on any atom is 0.294 e. The second-order valence-corrected chi connectivity index (χ2v) is 4.06. The maximum atomic E-state index is 10.8. The molecule has 1 aromatic rings. The SMILES string of the molecule is CN(C)/C=C/c1cc(Cl)c([N+](=O)[O-])cc1[N+](=O)[O-]. The molecule has 96 valence electrons. The van der Waals surface area contributed by atoms with Gasteiger partial charge in [-0.15, -0.1) is 0 Å². The highest BCUT2D eigenvalue weighted by Gasteiger charge is 2.22. The summed E-state index contributed by atoms with van der Waals surface area (Å²) in [7, 11) is 3.49. The third-order valence-corrected chi connectivity index (χ3v) is 2.34. The van der Waals surface area contributed by atoms with Crippen LogP contribution in [-0.4, -0.2) is 28.8 Å². The largest absolute Gasteiger partial charge is 0.383 e. The van der Waals surface area contributed by atoms with Crippen molar-refractivity contribution < 1.29 is 9.85 Å². The van der Waals surface area contributed by atoms with Gasteiger partial charge in [0.15, 0.2) is 0 Å². The van der Waals surface area contributed by atoms with Gasteiger partial charge in [0.2, 0.25) is 0 Å². The molecular formula is C10H10ClN3O4. The highest BCUT2D eigenvalue weighted by molar-refractivity contribution is 6.32. The van der Waals surface area contributed by atoms with Crippen LogP contribution in [0.5, 0.6) is 0 Å². The average molecular weight is 272 g/mol. The van der Waals surface area contributed by atoms with Gasteiger partial charge in [-0.3, -0.25) is 20.2 Å². The Morgan fingerprint density at radius 2 is 1.72 bits per heavy atom. The molecule has 0 amide bonds. The van der Waals surface area contributed by atoms with Crippen LogP contribution in [-0.2, 0) is 0 Å². The first-order valence-corrected chi connectivity index (χ1v) is 5.17. The van der Waals surface area contributed by atoms with Crippen LogP contribution in [0.2, 0.25) is 5.02 Å². The molecule has 0 aliphatic carbocycles. The van der Waals surface area contributed by atoms with Gasteiger partial charge in [-0.1, -0.05) is 11.6 Å². The summed E-state index contributed by atoms with van der Waals surface area (Å²) in [4.78, 5) is 21.7. The number of rotatable bonds is 4. The van der Waals surface area contributed by atoms with Crippen molar-refractivity contribution in [2.75, 3.05) is 14.1 Å². The van der Waals surface area contributed by atoms with E-state index in [1.165, 1.54) is 12.1 Å². The van der Waals surface area contributed by atoms with Crippen molar-refractivity contribution in [1.29, 1.82) is 0 Å². The minimum atomic E-state index is -0.755. The summed E-state index contributed by atoms with van der Waals surface area (Å²) in [6.45, 7) is 0. The summed E-state index contributed by atoms with van der Waals surface area (Å²) in [6, 6.07) is 2.06. The third-order valence-electron chi connectivity index (χ3n) is 2.04. The molecule has 0 saturated heterocycles. The first-order chi connectivity index (χ1) is 8.32. The van der Waals surface area contributed by atoms with E-state index in [4.69, 9.17) is 11.6 Å². The standard InChI is InChI=1S/C10H10ClN3O4/c1-12(2)4-3-7-5-8(11)10(14(17)18)6-9(7)13(15)16/h3-6H,1-2H3/b4-3+. The normalized spacial score (nSPS) is 10.6. The van der Waals surface area contributed by atoms with Crippen molar-refractivity contribution in [2.24, 2.45) is 0 Å². The fourth-order valence-electron chi connectivity index (χ4n) is 1.23. The number of hydrogen-bond donors (Lipinski definition) is 0. The molecule has 8 heteroatoms. The van der Waals surface area contributed by atoms with E-state index in [9.17, 15) is 20.2 Å². The van der Waals surface area contributed by atoms with Crippen LogP contribution in [0.15, 0.2) is 18.3 Å². The fourth-order valence-corrected chi connectivity index (χ4v) is 1.47. The Hall–Kier alpha value is -2.15. The highest BCUT2D eigenvalue weighted by Crippen LogP contribution is 2.32. The lowest BCUT2D eigenvalue weighted by Gasteiger charge is -2.04. The number of nitro benzene ring substituents is 2. The van der Waals surface area contributed by atoms with E-state index in [0.29, 0.717) is 0 Å². The van der Waals surface area contributed by atoms with E-state index in [0.717, 1.165) is 6.07 Å². The predicted octanol–water partition coefficient (Wildman–Crippen LogP) is 2.69. The molecule has 7 nitrogen and oxygen atoms in total. The highest BCUT2D eigenvalue weighted by atomic mass is 35.5. The third kappa shape index (κ3) is 3.17. The van der Waals surface area contributed by atoms with Gasteiger partial charge in [0, 0.05) is 14.1 Å². The molecule has 18 heavy (non-hydrogen) atoms. The molecular weight excluding hydrogens is 262 g/mol. The minimum Gasteiger partial charge on any atom is -0.383 e. The Kier molecular flexibility index (Phi) is 4.22. The molecule has 0 bridgehead atoms. The molecule has 0 aliphatic heterocycles. The summed E-state index contributed by atoms with van der Waals surface area (Å²) < 4.78 is 0. The van der Waals surface area contributed by atoms with Gasteiger partial charge in [-0.25, -0.2) is 0 Å². The Labute approximate surface area is 108 Å². The molecule has 0 aliphatic rings. The molecule has 0 unspecified atom stereocenters. The zero-order valence-corrected chi connectivity index (χ0v) is 10.4.